The fraction of sp³-hybridized carbons (Fsp3) is 0.615. The number of fused-ring (bicyclic) bond motifs is 1. The molecule has 2 aliphatic rings. The molecule has 2 aliphatic heterocycles. The van der Waals surface area contributed by atoms with Crippen molar-refractivity contribution in [3.8, 4) is 0 Å². The van der Waals surface area contributed by atoms with E-state index >= 15 is 0 Å². The molecule has 1 amide bonds. The van der Waals surface area contributed by atoms with Crippen LogP contribution in [0.1, 0.15) is 41.7 Å². The van der Waals surface area contributed by atoms with Gasteiger partial charge in [-0.3, -0.25) is 9.48 Å². The Morgan fingerprint density at radius 3 is 2.89 bits per heavy atom. The first-order valence-corrected chi connectivity index (χ1v) is 6.77. The summed E-state index contributed by atoms with van der Waals surface area (Å²) in [4.78, 5) is 25.1. The lowest BCUT2D eigenvalue weighted by Crippen LogP contribution is -2.40. The predicted octanol–water partition coefficient (Wildman–Crippen LogP) is 0.909. The normalized spacial score (nSPS) is 22.3. The molecule has 19 heavy (non-hydrogen) atoms. The molecule has 3 heterocycles. The maximum Gasteiger partial charge on any atom is 0.326 e. The molecule has 1 unspecified atom stereocenters. The Labute approximate surface area is 111 Å². The summed E-state index contributed by atoms with van der Waals surface area (Å²) in [7, 11) is 0. The van der Waals surface area contributed by atoms with Crippen molar-refractivity contribution in [2.75, 3.05) is 6.54 Å². The Hall–Kier alpha value is -1.85. The molecule has 6 heteroatoms. The molecule has 1 aromatic rings. The molecule has 0 aromatic carbocycles. The summed E-state index contributed by atoms with van der Waals surface area (Å²) >= 11 is 0. The molecule has 0 bridgehead atoms. The van der Waals surface area contributed by atoms with E-state index in [0.717, 1.165) is 37.9 Å². The minimum Gasteiger partial charge on any atom is -0.480 e. The minimum absolute atomic E-state index is 0.173. The number of carbonyl (C=O) groups excluding carboxylic acids is 1. The van der Waals surface area contributed by atoms with Gasteiger partial charge in [0.05, 0.1) is 17.5 Å². The number of hydrogen-bond donors (Lipinski definition) is 1. The van der Waals surface area contributed by atoms with Gasteiger partial charge in [-0.25, -0.2) is 4.79 Å². The van der Waals surface area contributed by atoms with E-state index in [1.54, 1.807) is 6.20 Å². The summed E-state index contributed by atoms with van der Waals surface area (Å²) in [6, 6.07) is -0.674. The number of rotatable bonds is 2. The van der Waals surface area contributed by atoms with Crippen molar-refractivity contribution in [1.82, 2.24) is 14.7 Å². The highest BCUT2D eigenvalue weighted by Gasteiger charge is 2.36. The zero-order chi connectivity index (χ0) is 13.4. The van der Waals surface area contributed by atoms with E-state index in [2.05, 4.69) is 5.10 Å². The molecular formula is C13H17N3O3. The summed E-state index contributed by atoms with van der Waals surface area (Å²) < 4.78 is 1.88. The van der Waals surface area contributed by atoms with Crippen molar-refractivity contribution in [2.45, 2.75) is 44.7 Å². The number of carbonyl (C=O) groups is 2. The SMILES string of the molecule is O=C(O)C1CCCN1C(=O)c1cnn2c1CCCC2. The van der Waals surface area contributed by atoms with Gasteiger partial charge >= 0.3 is 5.97 Å². The predicted molar refractivity (Wildman–Crippen MR) is 66.9 cm³/mol. The van der Waals surface area contributed by atoms with E-state index in [0.29, 0.717) is 18.5 Å². The smallest absolute Gasteiger partial charge is 0.326 e. The maximum absolute atomic E-state index is 12.5. The molecule has 1 aromatic heterocycles. The molecule has 0 radical (unpaired) electrons. The number of likely N-dealkylation sites (tertiary alicyclic amines) is 1. The van der Waals surface area contributed by atoms with Crippen molar-refractivity contribution in [3.63, 3.8) is 0 Å². The van der Waals surface area contributed by atoms with Crippen LogP contribution in [0.25, 0.3) is 0 Å². The second kappa shape index (κ2) is 4.68. The van der Waals surface area contributed by atoms with Crippen LogP contribution in [0.15, 0.2) is 6.20 Å². The largest absolute Gasteiger partial charge is 0.480 e. The van der Waals surface area contributed by atoms with Gasteiger partial charge in [0.1, 0.15) is 6.04 Å². The van der Waals surface area contributed by atoms with Gasteiger partial charge < -0.3 is 10.0 Å². The van der Waals surface area contributed by atoms with Gasteiger partial charge in [-0.15, -0.1) is 0 Å². The lowest BCUT2D eigenvalue weighted by atomic mass is 10.1. The van der Waals surface area contributed by atoms with E-state index in [-0.39, 0.29) is 5.91 Å². The number of carboxylic acids is 1. The average molecular weight is 263 g/mol. The third-order valence-corrected chi connectivity index (χ3v) is 4.01. The average Bonchev–Trinajstić information content (AvgIpc) is 3.05. The Balaban J connectivity index is 1.88. The van der Waals surface area contributed by atoms with Crippen molar-refractivity contribution in [3.05, 3.63) is 17.5 Å². The quantitative estimate of drug-likeness (QED) is 0.860. The fourth-order valence-corrected chi connectivity index (χ4v) is 3.02. The number of carboxylic acid groups (broad SMARTS) is 1. The van der Waals surface area contributed by atoms with Crippen LogP contribution in [0.3, 0.4) is 0 Å². The molecule has 0 aliphatic carbocycles. The Morgan fingerprint density at radius 1 is 1.26 bits per heavy atom. The lowest BCUT2D eigenvalue weighted by molar-refractivity contribution is -0.141. The monoisotopic (exact) mass is 263 g/mol. The highest BCUT2D eigenvalue weighted by atomic mass is 16.4. The summed E-state index contributed by atoms with van der Waals surface area (Å²) in [6.07, 6.45) is 5.90. The van der Waals surface area contributed by atoms with Crippen LogP contribution in [-0.2, 0) is 17.8 Å². The second-order valence-corrected chi connectivity index (χ2v) is 5.18. The Kier molecular flexibility index (Phi) is 3.00. The van der Waals surface area contributed by atoms with E-state index in [1.807, 2.05) is 4.68 Å². The van der Waals surface area contributed by atoms with Gasteiger partial charge in [-0.05, 0) is 32.1 Å². The van der Waals surface area contributed by atoms with Crippen LogP contribution < -0.4 is 0 Å². The molecule has 6 nitrogen and oxygen atoms in total. The molecule has 1 saturated heterocycles. The summed E-state index contributed by atoms with van der Waals surface area (Å²) in [5.41, 5.74) is 1.56. The van der Waals surface area contributed by atoms with Crippen LogP contribution in [0.4, 0.5) is 0 Å². The number of aryl methyl sites for hydroxylation is 1. The van der Waals surface area contributed by atoms with Crippen LogP contribution in [0.2, 0.25) is 0 Å². The van der Waals surface area contributed by atoms with Crippen LogP contribution >= 0.6 is 0 Å². The van der Waals surface area contributed by atoms with Gasteiger partial charge in [0.25, 0.3) is 5.91 Å². The van der Waals surface area contributed by atoms with E-state index < -0.39 is 12.0 Å². The number of amides is 1. The van der Waals surface area contributed by atoms with Gasteiger partial charge in [0, 0.05) is 13.1 Å². The van der Waals surface area contributed by atoms with Crippen LogP contribution in [0.5, 0.6) is 0 Å². The van der Waals surface area contributed by atoms with Gasteiger partial charge in [0.15, 0.2) is 0 Å². The Morgan fingerprint density at radius 2 is 2.11 bits per heavy atom. The van der Waals surface area contributed by atoms with Crippen LogP contribution in [-0.4, -0.2) is 44.3 Å². The van der Waals surface area contributed by atoms with Gasteiger partial charge in [-0.1, -0.05) is 0 Å². The lowest BCUT2D eigenvalue weighted by Gasteiger charge is -2.22. The third-order valence-electron chi connectivity index (χ3n) is 4.01. The highest BCUT2D eigenvalue weighted by molar-refractivity contribution is 5.97. The summed E-state index contributed by atoms with van der Waals surface area (Å²) in [6.45, 7) is 1.38. The molecule has 1 N–H and O–H groups in total. The maximum atomic E-state index is 12.5. The topological polar surface area (TPSA) is 75.4 Å². The molecule has 1 atom stereocenters. The van der Waals surface area contributed by atoms with Crippen molar-refractivity contribution >= 4 is 11.9 Å². The van der Waals surface area contributed by atoms with Gasteiger partial charge in [0.2, 0.25) is 0 Å². The number of aliphatic carboxylic acids is 1. The minimum atomic E-state index is -0.910. The van der Waals surface area contributed by atoms with Crippen LogP contribution in [0, 0.1) is 0 Å². The molecule has 102 valence electrons. The van der Waals surface area contributed by atoms with Crippen molar-refractivity contribution in [2.24, 2.45) is 0 Å². The molecule has 0 saturated carbocycles. The second-order valence-electron chi connectivity index (χ2n) is 5.18. The first kappa shape index (κ1) is 12.2. The first-order chi connectivity index (χ1) is 9.18. The summed E-state index contributed by atoms with van der Waals surface area (Å²) in [5, 5.41) is 13.4. The Bertz CT molecular complexity index is 523. The number of hydrogen-bond acceptors (Lipinski definition) is 3. The summed E-state index contributed by atoms with van der Waals surface area (Å²) in [5.74, 6) is -1.08. The van der Waals surface area contributed by atoms with Crippen molar-refractivity contribution in [1.29, 1.82) is 0 Å². The zero-order valence-corrected chi connectivity index (χ0v) is 10.7. The number of aromatic nitrogens is 2. The number of nitrogens with zero attached hydrogens (tertiary/aromatic N) is 3. The first-order valence-electron chi connectivity index (χ1n) is 6.77. The van der Waals surface area contributed by atoms with E-state index in [1.165, 1.54) is 4.90 Å². The molecule has 0 spiro atoms. The molecule has 1 fully saturated rings. The molecular weight excluding hydrogens is 246 g/mol. The van der Waals surface area contributed by atoms with E-state index in [4.69, 9.17) is 5.11 Å². The van der Waals surface area contributed by atoms with Crippen molar-refractivity contribution < 1.29 is 14.7 Å². The molecule has 3 rings (SSSR count). The fourth-order valence-electron chi connectivity index (χ4n) is 3.02. The standard InChI is InChI=1S/C13H17N3O3/c17-12(15-6-3-5-11(15)13(18)19)9-8-14-16-7-2-1-4-10(9)16/h8,11H,1-7H2,(H,18,19). The van der Waals surface area contributed by atoms with Gasteiger partial charge in [-0.2, -0.15) is 5.10 Å². The third kappa shape index (κ3) is 2.01. The van der Waals surface area contributed by atoms with E-state index in [9.17, 15) is 9.59 Å². The zero-order valence-electron chi connectivity index (χ0n) is 10.7. The highest BCUT2D eigenvalue weighted by Crippen LogP contribution is 2.24.